The summed E-state index contributed by atoms with van der Waals surface area (Å²) in [6.07, 6.45) is 1.12. The Kier molecular flexibility index (Phi) is 6.42. The van der Waals surface area contributed by atoms with Crippen molar-refractivity contribution in [2.45, 2.75) is 26.7 Å². The van der Waals surface area contributed by atoms with Crippen LogP contribution < -0.4 is 9.62 Å². The molecule has 2 aromatic carbocycles. The molecule has 26 heavy (non-hydrogen) atoms. The SMILES string of the molecule is Cc1cc(C)cc(N(CC(=O)NC[C@H](C)c2ccccc2)S(C)(=O)=O)c1. The Morgan fingerprint density at radius 1 is 1.08 bits per heavy atom. The Bertz CT molecular complexity index is 844. The molecule has 5 nitrogen and oxygen atoms in total. The van der Waals surface area contributed by atoms with Gasteiger partial charge in [-0.25, -0.2) is 8.42 Å². The molecule has 2 rings (SSSR count). The standard InChI is InChI=1S/C20H26N2O3S/c1-15-10-16(2)12-19(11-15)22(26(4,24)25)14-20(23)21-13-17(3)18-8-6-5-7-9-18/h5-12,17H,13-14H2,1-4H3,(H,21,23)/t17-/m0/s1. The number of sulfonamides is 1. The molecule has 0 bridgehead atoms. The highest BCUT2D eigenvalue weighted by molar-refractivity contribution is 7.92. The number of rotatable bonds is 7. The van der Waals surface area contributed by atoms with E-state index in [-0.39, 0.29) is 18.4 Å². The molecule has 0 fully saturated rings. The van der Waals surface area contributed by atoms with Crippen LogP contribution in [0.1, 0.15) is 29.5 Å². The number of hydrogen-bond acceptors (Lipinski definition) is 3. The fraction of sp³-hybridized carbons (Fsp3) is 0.350. The van der Waals surface area contributed by atoms with Crippen LogP contribution in [0.3, 0.4) is 0 Å². The van der Waals surface area contributed by atoms with Crippen molar-refractivity contribution in [3.05, 3.63) is 65.2 Å². The summed E-state index contributed by atoms with van der Waals surface area (Å²) < 4.78 is 25.5. The molecule has 0 radical (unpaired) electrons. The molecule has 0 spiro atoms. The van der Waals surface area contributed by atoms with Crippen molar-refractivity contribution in [2.24, 2.45) is 0 Å². The molecule has 0 heterocycles. The van der Waals surface area contributed by atoms with Crippen LogP contribution in [-0.2, 0) is 14.8 Å². The van der Waals surface area contributed by atoms with E-state index in [0.29, 0.717) is 12.2 Å². The summed E-state index contributed by atoms with van der Waals surface area (Å²) in [7, 11) is -3.56. The summed E-state index contributed by atoms with van der Waals surface area (Å²) in [5.74, 6) is -0.176. The number of amides is 1. The highest BCUT2D eigenvalue weighted by atomic mass is 32.2. The van der Waals surface area contributed by atoms with Gasteiger partial charge in [-0.2, -0.15) is 0 Å². The summed E-state index contributed by atoms with van der Waals surface area (Å²) in [6.45, 7) is 6.04. The van der Waals surface area contributed by atoms with E-state index < -0.39 is 10.0 Å². The van der Waals surface area contributed by atoms with Crippen LogP contribution in [0, 0.1) is 13.8 Å². The zero-order chi connectivity index (χ0) is 19.3. The largest absolute Gasteiger partial charge is 0.354 e. The highest BCUT2D eigenvalue weighted by Gasteiger charge is 2.21. The molecule has 0 unspecified atom stereocenters. The minimum absolute atomic E-state index is 0.146. The Balaban J connectivity index is 2.08. The van der Waals surface area contributed by atoms with Crippen molar-refractivity contribution in [1.29, 1.82) is 0 Å². The van der Waals surface area contributed by atoms with Gasteiger partial charge in [-0.1, -0.05) is 43.3 Å². The first kappa shape index (κ1) is 20.0. The summed E-state index contributed by atoms with van der Waals surface area (Å²) in [5.41, 5.74) is 3.54. The molecule has 0 aliphatic rings. The van der Waals surface area contributed by atoms with E-state index in [9.17, 15) is 13.2 Å². The van der Waals surface area contributed by atoms with Gasteiger partial charge in [0.15, 0.2) is 0 Å². The minimum atomic E-state index is -3.56. The van der Waals surface area contributed by atoms with Crippen LogP contribution in [0.4, 0.5) is 5.69 Å². The molecule has 1 N–H and O–H groups in total. The molecule has 1 amide bonds. The topological polar surface area (TPSA) is 66.5 Å². The van der Waals surface area contributed by atoms with E-state index in [1.54, 1.807) is 12.1 Å². The lowest BCUT2D eigenvalue weighted by atomic mass is 10.0. The average molecular weight is 375 g/mol. The fourth-order valence-electron chi connectivity index (χ4n) is 2.85. The van der Waals surface area contributed by atoms with E-state index in [2.05, 4.69) is 5.32 Å². The number of nitrogens with one attached hydrogen (secondary N) is 1. The zero-order valence-electron chi connectivity index (χ0n) is 15.7. The van der Waals surface area contributed by atoms with E-state index in [0.717, 1.165) is 27.3 Å². The van der Waals surface area contributed by atoms with Gasteiger partial charge in [0.25, 0.3) is 0 Å². The first-order valence-electron chi connectivity index (χ1n) is 8.54. The molecule has 6 heteroatoms. The first-order chi connectivity index (χ1) is 12.2. The number of carbonyl (C=O) groups excluding carboxylic acids is 1. The summed E-state index contributed by atoms with van der Waals surface area (Å²) >= 11 is 0. The Labute approximate surface area is 156 Å². The molecule has 0 saturated carbocycles. The second-order valence-corrected chi connectivity index (χ2v) is 8.64. The Hall–Kier alpha value is -2.34. The first-order valence-corrected chi connectivity index (χ1v) is 10.4. The predicted octanol–water partition coefficient (Wildman–Crippen LogP) is 2.99. The molecule has 0 aliphatic carbocycles. The van der Waals surface area contributed by atoms with Gasteiger partial charge >= 0.3 is 0 Å². The van der Waals surface area contributed by atoms with Gasteiger partial charge in [0.1, 0.15) is 6.54 Å². The maximum absolute atomic E-state index is 12.4. The van der Waals surface area contributed by atoms with Crippen molar-refractivity contribution in [3.8, 4) is 0 Å². The molecule has 2 aromatic rings. The fourth-order valence-corrected chi connectivity index (χ4v) is 3.69. The quantitative estimate of drug-likeness (QED) is 0.810. The average Bonchev–Trinajstić information content (AvgIpc) is 2.56. The molecule has 0 saturated heterocycles. The lowest BCUT2D eigenvalue weighted by Gasteiger charge is -2.23. The van der Waals surface area contributed by atoms with Gasteiger partial charge in [0.05, 0.1) is 11.9 Å². The number of aryl methyl sites for hydroxylation is 2. The molecule has 0 aliphatic heterocycles. The van der Waals surface area contributed by atoms with Crippen molar-refractivity contribution in [3.63, 3.8) is 0 Å². The lowest BCUT2D eigenvalue weighted by molar-refractivity contribution is -0.119. The number of anilines is 1. The van der Waals surface area contributed by atoms with Crippen LogP contribution >= 0.6 is 0 Å². The number of benzene rings is 2. The van der Waals surface area contributed by atoms with Crippen molar-refractivity contribution < 1.29 is 13.2 Å². The van der Waals surface area contributed by atoms with E-state index >= 15 is 0 Å². The van der Waals surface area contributed by atoms with Crippen LogP contribution in [-0.4, -0.2) is 33.7 Å². The van der Waals surface area contributed by atoms with Gasteiger partial charge in [0, 0.05) is 6.54 Å². The van der Waals surface area contributed by atoms with Gasteiger partial charge in [-0.05, 0) is 48.6 Å². The van der Waals surface area contributed by atoms with Crippen LogP contribution in [0.15, 0.2) is 48.5 Å². The summed E-state index contributed by atoms with van der Waals surface area (Å²) in [4.78, 5) is 12.4. The van der Waals surface area contributed by atoms with Gasteiger partial charge in [-0.15, -0.1) is 0 Å². The third-order valence-corrected chi connectivity index (χ3v) is 5.30. The van der Waals surface area contributed by atoms with Crippen LogP contribution in [0.5, 0.6) is 0 Å². The molecular formula is C20H26N2O3S. The Morgan fingerprint density at radius 3 is 2.19 bits per heavy atom. The number of carbonyl (C=O) groups is 1. The monoisotopic (exact) mass is 374 g/mol. The number of nitrogens with zero attached hydrogens (tertiary/aromatic N) is 1. The van der Waals surface area contributed by atoms with E-state index in [1.807, 2.05) is 57.2 Å². The van der Waals surface area contributed by atoms with Crippen molar-refractivity contribution in [1.82, 2.24) is 5.32 Å². The van der Waals surface area contributed by atoms with Crippen molar-refractivity contribution >= 4 is 21.6 Å². The summed E-state index contributed by atoms with van der Waals surface area (Å²) in [5, 5.41) is 2.84. The molecule has 1 atom stereocenters. The second-order valence-electron chi connectivity index (χ2n) is 6.73. The summed E-state index contributed by atoms with van der Waals surface area (Å²) in [6, 6.07) is 15.4. The van der Waals surface area contributed by atoms with Gasteiger partial charge in [0.2, 0.25) is 15.9 Å². The van der Waals surface area contributed by atoms with E-state index in [1.165, 1.54) is 0 Å². The Morgan fingerprint density at radius 2 is 1.65 bits per heavy atom. The van der Waals surface area contributed by atoms with E-state index in [4.69, 9.17) is 0 Å². The molecular weight excluding hydrogens is 348 g/mol. The maximum atomic E-state index is 12.4. The molecule has 0 aromatic heterocycles. The zero-order valence-corrected chi connectivity index (χ0v) is 16.5. The third-order valence-electron chi connectivity index (χ3n) is 4.16. The third kappa shape index (κ3) is 5.59. The predicted molar refractivity (Wildman–Crippen MR) is 106 cm³/mol. The van der Waals surface area contributed by atoms with Crippen molar-refractivity contribution in [2.75, 3.05) is 23.7 Å². The lowest BCUT2D eigenvalue weighted by Crippen LogP contribution is -2.41. The molecule has 140 valence electrons. The second kappa shape index (κ2) is 8.36. The normalized spacial score (nSPS) is 12.5. The number of hydrogen-bond donors (Lipinski definition) is 1. The van der Waals surface area contributed by atoms with Crippen LogP contribution in [0.25, 0.3) is 0 Å². The van der Waals surface area contributed by atoms with Gasteiger partial charge in [-0.3, -0.25) is 9.10 Å². The smallest absolute Gasteiger partial charge is 0.240 e. The van der Waals surface area contributed by atoms with Crippen LogP contribution in [0.2, 0.25) is 0 Å². The minimum Gasteiger partial charge on any atom is -0.354 e. The van der Waals surface area contributed by atoms with Gasteiger partial charge < -0.3 is 5.32 Å². The maximum Gasteiger partial charge on any atom is 0.240 e. The highest BCUT2D eigenvalue weighted by Crippen LogP contribution is 2.21.